The Bertz CT molecular complexity index is 367. The Balaban J connectivity index is 3.03. The molecule has 0 saturated heterocycles. The molecule has 0 unspecified atom stereocenters. The smallest absolute Gasteiger partial charge is 0.146 e. The van der Waals surface area contributed by atoms with Gasteiger partial charge in [0.2, 0.25) is 0 Å². The second-order valence-electron chi connectivity index (χ2n) is 3.20. The van der Waals surface area contributed by atoms with Crippen molar-refractivity contribution in [1.29, 1.82) is 0 Å². The highest BCUT2D eigenvalue weighted by atomic mass is 19.1. The summed E-state index contributed by atoms with van der Waals surface area (Å²) in [5.74, 6) is -0.236. The van der Waals surface area contributed by atoms with Crippen molar-refractivity contribution in [1.82, 2.24) is 0 Å². The Morgan fingerprint density at radius 3 is 2.71 bits per heavy atom. The first-order chi connectivity index (χ1) is 6.67. The lowest BCUT2D eigenvalue weighted by atomic mass is 10.1. The average molecular weight is 192 g/mol. The zero-order valence-electron chi connectivity index (χ0n) is 8.38. The fraction of sp³-hybridized carbons (Fsp3) is 0.250. The summed E-state index contributed by atoms with van der Waals surface area (Å²) in [5.41, 5.74) is 2.02. The van der Waals surface area contributed by atoms with Gasteiger partial charge in [-0.1, -0.05) is 19.1 Å². The van der Waals surface area contributed by atoms with Crippen molar-refractivity contribution in [2.24, 2.45) is 0 Å². The van der Waals surface area contributed by atoms with E-state index in [4.69, 9.17) is 0 Å². The van der Waals surface area contributed by atoms with Crippen LogP contribution in [0, 0.1) is 12.7 Å². The van der Waals surface area contributed by atoms with Crippen LogP contribution in [0.5, 0.6) is 0 Å². The molecule has 14 heavy (non-hydrogen) atoms. The Morgan fingerprint density at radius 2 is 2.21 bits per heavy atom. The third-order valence-corrected chi connectivity index (χ3v) is 2.11. The van der Waals surface area contributed by atoms with Crippen LogP contribution in [-0.4, -0.2) is 6.29 Å². The van der Waals surface area contributed by atoms with Crippen molar-refractivity contribution in [3.05, 3.63) is 40.7 Å². The zero-order chi connectivity index (χ0) is 10.6. The SMILES string of the molecule is CCC(C=O)=Cc1ccc(C)c(F)c1. The molecule has 1 rings (SSSR count). The summed E-state index contributed by atoms with van der Waals surface area (Å²) < 4.78 is 13.1. The van der Waals surface area contributed by atoms with Gasteiger partial charge in [-0.15, -0.1) is 0 Å². The third-order valence-electron chi connectivity index (χ3n) is 2.11. The van der Waals surface area contributed by atoms with Gasteiger partial charge in [-0.25, -0.2) is 4.39 Å². The highest BCUT2D eigenvalue weighted by Gasteiger charge is 1.98. The second-order valence-corrected chi connectivity index (χ2v) is 3.20. The first kappa shape index (κ1) is 10.6. The number of carbonyl (C=O) groups excluding carboxylic acids is 1. The first-order valence-corrected chi connectivity index (χ1v) is 4.59. The van der Waals surface area contributed by atoms with Crippen LogP contribution in [0.15, 0.2) is 23.8 Å². The van der Waals surface area contributed by atoms with Gasteiger partial charge in [0, 0.05) is 0 Å². The van der Waals surface area contributed by atoms with Gasteiger partial charge in [-0.3, -0.25) is 4.79 Å². The van der Waals surface area contributed by atoms with Gasteiger partial charge in [0.05, 0.1) is 0 Å². The first-order valence-electron chi connectivity index (χ1n) is 4.59. The molecular formula is C12H13FO. The number of rotatable bonds is 3. The van der Waals surface area contributed by atoms with E-state index in [1.807, 2.05) is 6.92 Å². The number of halogens is 1. The van der Waals surface area contributed by atoms with E-state index in [0.29, 0.717) is 17.6 Å². The quantitative estimate of drug-likeness (QED) is 0.531. The number of benzene rings is 1. The molecule has 0 atom stereocenters. The lowest BCUT2D eigenvalue weighted by molar-refractivity contribution is -0.104. The molecule has 1 aromatic rings. The van der Waals surface area contributed by atoms with Gasteiger partial charge in [0.1, 0.15) is 12.1 Å². The van der Waals surface area contributed by atoms with Gasteiger partial charge < -0.3 is 0 Å². The molecule has 1 nitrogen and oxygen atoms in total. The number of hydrogen-bond donors (Lipinski definition) is 0. The Morgan fingerprint density at radius 1 is 1.50 bits per heavy atom. The molecular weight excluding hydrogens is 179 g/mol. The van der Waals surface area contributed by atoms with Gasteiger partial charge in [-0.2, -0.15) is 0 Å². The summed E-state index contributed by atoms with van der Waals surface area (Å²) in [4.78, 5) is 10.5. The Labute approximate surface area is 83.3 Å². The molecule has 2 heteroatoms. The predicted octanol–water partition coefficient (Wildman–Crippen LogP) is 3.13. The maximum atomic E-state index is 13.1. The molecule has 0 radical (unpaired) electrons. The molecule has 0 aliphatic carbocycles. The topological polar surface area (TPSA) is 17.1 Å². The number of allylic oxidation sites excluding steroid dienone is 1. The van der Waals surface area contributed by atoms with Crippen LogP contribution >= 0.6 is 0 Å². The highest BCUT2D eigenvalue weighted by molar-refractivity contribution is 5.81. The summed E-state index contributed by atoms with van der Waals surface area (Å²) in [6, 6.07) is 4.95. The van der Waals surface area contributed by atoms with Crippen molar-refractivity contribution < 1.29 is 9.18 Å². The molecule has 0 saturated carbocycles. The predicted molar refractivity (Wildman–Crippen MR) is 55.5 cm³/mol. The van der Waals surface area contributed by atoms with Crippen molar-refractivity contribution >= 4 is 12.4 Å². The summed E-state index contributed by atoms with van der Waals surface area (Å²) in [7, 11) is 0. The van der Waals surface area contributed by atoms with Crippen LogP contribution in [0.4, 0.5) is 4.39 Å². The molecule has 1 aromatic carbocycles. The molecule has 0 fully saturated rings. The summed E-state index contributed by atoms with van der Waals surface area (Å²) in [6.45, 7) is 3.61. The highest BCUT2D eigenvalue weighted by Crippen LogP contribution is 2.12. The van der Waals surface area contributed by atoms with E-state index in [1.54, 1.807) is 25.1 Å². The van der Waals surface area contributed by atoms with Crippen LogP contribution in [-0.2, 0) is 4.79 Å². The Hall–Kier alpha value is -1.44. The maximum absolute atomic E-state index is 13.1. The van der Waals surface area contributed by atoms with Crippen LogP contribution in [0.3, 0.4) is 0 Å². The van der Waals surface area contributed by atoms with Crippen LogP contribution in [0.1, 0.15) is 24.5 Å². The summed E-state index contributed by atoms with van der Waals surface area (Å²) in [6.07, 6.45) is 3.17. The zero-order valence-corrected chi connectivity index (χ0v) is 8.38. The van der Waals surface area contributed by atoms with E-state index in [2.05, 4.69) is 0 Å². The molecule has 0 N–H and O–H groups in total. The van der Waals surface area contributed by atoms with Crippen LogP contribution < -0.4 is 0 Å². The standard InChI is InChI=1S/C12H13FO/c1-3-10(8-14)6-11-5-4-9(2)12(13)7-11/h4-8H,3H2,1-2H3. The number of hydrogen-bond acceptors (Lipinski definition) is 1. The van der Waals surface area contributed by atoms with E-state index in [9.17, 15) is 9.18 Å². The number of carbonyl (C=O) groups is 1. The van der Waals surface area contributed by atoms with Gasteiger partial charge in [0.15, 0.2) is 0 Å². The van der Waals surface area contributed by atoms with Gasteiger partial charge in [-0.05, 0) is 42.2 Å². The van der Waals surface area contributed by atoms with Crippen LogP contribution in [0.25, 0.3) is 6.08 Å². The van der Waals surface area contributed by atoms with Crippen molar-refractivity contribution in [3.8, 4) is 0 Å². The fourth-order valence-electron chi connectivity index (χ4n) is 1.13. The lowest BCUT2D eigenvalue weighted by Gasteiger charge is -1.99. The molecule has 0 amide bonds. The molecule has 0 bridgehead atoms. The lowest BCUT2D eigenvalue weighted by Crippen LogP contribution is -1.86. The van der Waals surface area contributed by atoms with E-state index < -0.39 is 0 Å². The van der Waals surface area contributed by atoms with Crippen molar-refractivity contribution in [2.75, 3.05) is 0 Å². The molecule has 0 aromatic heterocycles. The molecule has 0 heterocycles. The van der Waals surface area contributed by atoms with E-state index in [-0.39, 0.29) is 5.82 Å². The minimum absolute atomic E-state index is 0.236. The molecule has 0 aliphatic heterocycles. The van der Waals surface area contributed by atoms with Crippen molar-refractivity contribution in [3.63, 3.8) is 0 Å². The molecule has 74 valence electrons. The second kappa shape index (κ2) is 4.70. The van der Waals surface area contributed by atoms with Gasteiger partial charge in [0.25, 0.3) is 0 Å². The number of aryl methyl sites for hydroxylation is 1. The fourth-order valence-corrected chi connectivity index (χ4v) is 1.13. The van der Waals surface area contributed by atoms with E-state index in [0.717, 1.165) is 11.8 Å². The Kier molecular flexibility index (Phi) is 3.57. The minimum Gasteiger partial charge on any atom is -0.298 e. The third kappa shape index (κ3) is 2.52. The van der Waals surface area contributed by atoms with Crippen molar-refractivity contribution in [2.45, 2.75) is 20.3 Å². The summed E-state index contributed by atoms with van der Waals surface area (Å²) >= 11 is 0. The minimum atomic E-state index is -0.236. The van der Waals surface area contributed by atoms with E-state index >= 15 is 0 Å². The number of aldehydes is 1. The molecule has 0 spiro atoms. The summed E-state index contributed by atoms with van der Waals surface area (Å²) in [5, 5.41) is 0. The van der Waals surface area contributed by atoms with Gasteiger partial charge >= 0.3 is 0 Å². The average Bonchev–Trinajstić information content (AvgIpc) is 2.19. The molecule has 0 aliphatic rings. The monoisotopic (exact) mass is 192 g/mol. The van der Waals surface area contributed by atoms with Crippen LogP contribution in [0.2, 0.25) is 0 Å². The normalized spacial score (nSPS) is 11.5. The van der Waals surface area contributed by atoms with E-state index in [1.165, 1.54) is 6.07 Å². The maximum Gasteiger partial charge on any atom is 0.146 e. The largest absolute Gasteiger partial charge is 0.298 e.